The molecule has 0 amide bonds. The number of nitrogens with zero attached hydrogens (tertiary/aromatic N) is 1. The van der Waals surface area contributed by atoms with Crippen LogP contribution in [-0.2, 0) is 0 Å². The van der Waals surface area contributed by atoms with Gasteiger partial charge in [-0.3, -0.25) is 4.90 Å². The lowest BCUT2D eigenvalue weighted by atomic mass is 9.76. The van der Waals surface area contributed by atoms with Crippen LogP contribution >= 0.6 is 0 Å². The number of hydrogen-bond donors (Lipinski definition) is 0. The van der Waals surface area contributed by atoms with E-state index < -0.39 is 0 Å². The minimum Gasteiger partial charge on any atom is -0.297 e. The monoisotopic (exact) mass is 167 g/mol. The summed E-state index contributed by atoms with van der Waals surface area (Å²) in [5, 5.41) is 0. The van der Waals surface area contributed by atoms with Crippen molar-refractivity contribution in [3.8, 4) is 0 Å². The number of rotatable bonds is 0. The minimum atomic E-state index is 0.411. The van der Waals surface area contributed by atoms with Gasteiger partial charge in [0.2, 0.25) is 0 Å². The molecule has 1 saturated heterocycles. The zero-order chi connectivity index (χ0) is 8.82. The molecule has 1 heterocycles. The molecule has 2 fully saturated rings. The van der Waals surface area contributed by atoms with Gasteiger partial charge in [0.25, 0.3) is 0 Å². The molecule has 1 nitrogen and oxygen atoms in total. The van der Waals surface area contributed by atoms with E-state index in [1.807, 2.05) is 0 Å². The van der Waals surface area contributed by atoms with Gasteiger partial charge in [0.05, 0.1) is 0 Å². The third-order valence-corrected chi connectivity index (χ3v) is 3.67. The standard InChI is InChI=1S/C11H21N/c1-10(2,3)12-8-11(9-12)6-4-5-7-11/h4-9H2,1-3H3. The molecule has 0 aromatic rings. The van der Waals surface area contributed by atoms with E-state index in [0.29, 0.717) is 5.54 Å². The summed E-state index contributed by atoms with van der Waals surface area (Å²) in [6.45, 7) is 9.73. The Balaban J connectivity index is 1.90. The molecule has 1 heteroatoms. The van der Waals surface area contributed by atoms with Crippen LogP contribution < -0.4 is 0 Å². The Bertz CT molecular complexity index is 164. The molecule has 1 aliphatic carbocycles. The summed E-state index contributed by atoms with van der Waals surface area (Å²) in [7, 11) is 0. The second-order valence-corrected chi connectivity index (χ2v) is 5.73. The fraction of sp³-hybridized carbons (Fsp3) is 1.00. The van der Waals surface area contributed by atoms with Crippen LogP contribution in [-0.4, -0.2) is 23.5 Å². The molecule has 70 valence electrons. The molecule has 1 spiro atoms. The van der Waals surface area contributed by atoms with Crippen molar-refractivity contribution >= 4 is 0 Å². The highest BCUT2D eigenvalue weighted by Gasteiger charge is 2.47. The highest BCUT2D eigenvalue weighted by Crippen LogP contribution is 2.47. The molecule has 0 atom stereocenters. The van der Waals surface area contributed by atoms with E-state index >= 15 is 0 Å². The van der Waals surface area contributed by atoms with Crippen molar-refractivity contribution in [1.29, 1.82) is 0 Å². The second-order valence-electron chi connectivity index (χ2n) is 5.73. The van der Waals surface area contributed by atoms with E-state index in [0.717, 1.165) is 5.41 Å². The molecule has 0 aromatic carbocycles. The molecule has 0 radical (unpaired) electrons. The van der Waals surface area contributed by atoms with Gasteiger partial charge in [-0.25, -0.2) is 0 Å². The van der Waals surface area contributed by atoms with Crippen LogP contribution in [0, 0.1) is 5.41 Å². The summed E-state index contributed by atoms with van der Waals surface area (Å²) < 4.78 is 0. The average Bonchev–Trinajstić information content (AvgIpc) is 2.27. The van der Waals surface area contributed by atoms with Crippen molar-refractivity contribution in [2.45, 2.75) is 52.0 Å². The van der Waals surface area contributed by atoms with Crippen molar-refractivity contribution in [3.05, 3.63) is 0 Å². The summed E-state index contributed by atoms with van der Waals surface area (Å²) in [6.07, 6.45) is 5.97. The minimum absolute atomic E-state index is 0.411. The van der Waals surface area contributed by atoms with E-state index in [-0.39, 0.29) is 0 Å². The molecule has 1 saturated carbocycles. The van der Waals surface area contributed by atoms with Gasteiger partial charge < -0.3 is 0 Å². The average molecular weight is 167 g/mol. The van der Waals surface area contributed by atoms with Crippen LogP contribution in [0.15, 0.2) is 0 Å². The molecule has 0 bridgehead atoms. The predicted molar refractivity (Wildman–Crippen MR) is 52.2 cm³/mol. The Morgan fingerprint density at radius 1 is 1.00 bits per heavy atom. The summed E-state index contributed by atoms with van der Waals surface area (Å²) in [6, 6.07) is 0. The second kappa shape index (κ2) is 2.47. The third-order valence-electron chi connectivity index (χ3n) is 3.67. The maximum atomic E-state index is 2.62. The van der Waals surface area contributed by atoms with Gasteiger partial charge in [-0.2, -0.15) is 0 Å². The number of likely N-dealkylation sites (tertiary alicyclic amines) is 1. The van der Waals surface area contributed by atoms with Gasteiger partial charge in [0.15, 0.2) is 0 Å². The van der Waals surface area contributed by atoms with Crippen molar-refractivity contribution in [2.24, 2.45) is 5.41 Å². The molecule has 1 aliphatic heterocycles. The molecule has 0 aromatic heterocycles. The van der Waals surface area contributed by atoms with Gasteiger partial charge in [0, 0.05) is 18.6 Å². The van der Waals surface area contributed by atoms with Crippen LogP contribution in [0.1, 0.15) is 46.5 Å². The first-order valence-corrected chi connectivity index (χ1v) is 5.27. The number of hydrogen-bond acceptors (Lipinski definition) is 1. The van der Waals surface area contributed by atoms with Gasteiger partial charge in [0.1, 0.15) is 0 Å². The lowest BCUT2D eigenvalue weighted by Gasteiger charge is -2.54. The molecule has 0 N–H and O–H groups in total. The van der Waals surface area contributed by atoms with E-state index in [4.69, 9.17) is 0 Å². The lowest BCUT2D eigenvalue weighted by Crippen LogP contribution is -2.61. The Hall–Kier alpha value is -0.0400. The van der Waals surface area contributed by atoms with E-state index in [9.17, 15) is 0 Å². The van der Waals surface area contributed by atoms with Crippen molar-refractivity contribution < 1.29 is 0 Å². The summed E-state index contributed by atoms with van der Waals surface area (Å²) in [5.41, 5.74) is 1.18. The Morgan fingerprint density at radius 2 is 1.50 bits per heavy atom. The normalized spacial score (nSPS) is 29.2. The highest BCUT2D eigenvalue weighted by atomic mass is 15.3. The van der Waals surface area contributed by atoms with Gasteiger partial charge >= 0.3 is 0 Å². The summed E-state index contributed by atoms with van der Waals surface area (Å²) in [4.78, 5) is 2.62. The van der Waals surface area contributed by atoms with E-state index in [2.05, 4.69) is 25.7 Å². The SMILES string of the molecule is CC(C)(C)N1CC2(CCCC2)C1. The zero-order valence-corrected chi connectivity index (χ0v) is 8.69. The van der Waals surface area contributed by atoms with Crippen LogP contribution in [0.5, 0.6) is 0 Å². The first-order chi connectivity index (χ1) is 5.52. The third kappa shape index (κ3) is 1.28. The summed E-state index contributed by atoms with van der Waals surface area (Å²) >= 11 is 0. The fourth-order valence-electron chi connectivity index (χ4n) is 2.68. The van der Waals surface area contributed by atoms with Crippen LogP contribution in [0.25, 0.3) is 0 Å². The Kier molecular flexibility index (Phi) is 1.76. The molecular weight excluding hydrogens is 146 g/mol. The first-order valence-electron chi connectivity index (χ1n) is 5.27. The zero-order valence-electron chi connectivity index (χ0n) is 8.69. The van der Waals surface area contributed by atoms with Crippen LogP contribution in [0.4, 0.5) is 0 Å². The molecule has 0 unspecified atom stereocenters. The van der Waals surface area contributed by atoms with Gasteiger partial charge in [-0.05, 0) is 39.0 Å². The molecule has 12 heavy (non-hydrogen) atoms. The first kappa shape index (κ1) is 8.55. The van der Waals surface area contributed by atoms with Gasteiger partial charge in [-0.15, -0.1) is 0 Å². The van der Waals surface area contributed by atoms with E-state index in [1.54, 1.807) is 0 Å². The van der Waals surface area contributed by atoms with E-state index in [1.165, 1.54) is 38.8 Å². The van der Waals surface area contributed by atoms with Crippen molar-refractivity contribution in [2.75, 3.05) is 13.1 Å². The predicted octanol–water partition coefficient (Wildman–Crippen LogP) is 2.66. The topological polar surface area (TPSA) is 3.24 Å². The lowest BCUT2D eigenvalue weighted by molar-refractivity contribution is -0.0546. The highest BCUT2D eigenvalue weighted by molar-refractivity contribution is 5.01. The quantitative estimate of drug-likeness (QED) is 0.536. The smallest absolute Gasteiger partial charge is 0.0125 e. The Morgan fingerprint density at radius 3 is 1.92 bits per heavy atom. The van der Waals surface area contributed by atoms with Gasteiger partial charge in [-0.1, -0.05) is 12.8 Å². The van der Waals surface area contributed by atoms with Crippen molar-refractivity contribution in [1.82, 2.24) is 4.90 Å². The fourth-order valence-corrected chi connectivity index (χ4v) is 2.68. The maximum absolute atomic E-state index is 2.62. The Labute approximate surface area is 76.1 Å². The molecular formula is C11H21N. The summed E-state index contributed by atoms with van der Waals surface area (Å²) in [5.74, 6) is 0. The van der Waals surface area contributed by atoms with Crippen LogP contribution in [0.2, 0.25) is 0 Å². The molecule has 2 rings (SSSR count). The largest absolute Gasteiger partial charge is 0.297 e. The maximum Gasteiger partial charge on any atom is 0.0125 e. The van der Waals surface area contributed by atoms with Crippen molar-refractivity contribution in [3.63, 3.8) is 0 Å². The van der Waals surface area contributed by atoms with Crippen LogP contribution in [0.3, 0.4) is 0 Å². The molecule has 2 aliphatic rings.